The summed E-state index contributed by atoms with van der Waals surface area (Å²) in [6, 6.07) is 16.1. The van der Waals surface area contributed by atoms with Crippen LogP contribution in [0.1, 0.15) is 32.3 Å². The summed E-state index contributed by atoms with van der Waals surface area (Å²) in [6.07, 6.45) is 1.65. The van der Waals surface area contributed by atoms with Gasteiger partial charge in [-0.05, 0) is 61.4 Å². The minimum atomic E-state index is -4.28. The maximum Gasteiger partial charge on any atom is 0.264 e. The van der Waals surface area contributed by atoms with Gasteiger partial charge in [0.25, 0.3) is 10.0 Å². The average molecular weight is 641 g/mol. The van der Waals surface area contributed by atoms with E-state index in [9.17, 15) is 18.0 Å². The Morgan fingerprint density at radius 1 is 0.976 bits per heavy atom. The van der Waals surface area contributed by atoms with Crippen LogP contribution in [0.5, 0.6) is 5.75 Å². The molecule has 0 aliphatic rings. The van der Waals surface area contributed by atoms with Crippen molar-refractivity contribution in [1.29, 1.82) is 0 Å². The van der Waals surface area contributed by atoms with Crippen molar-refractivity contribution in [2.45, 2.75) is 44.2 Å². The molecule has 1 atom stereocenters. The minimum Gasteiger partial charge on any atom is -0.495 e. The third-order valence-corrected chi connectivity index (χ3v) is 8.97. The van der Waals surface area contributed by atoms with E-state index in [0.29, 0.717) is 22.2 Å². The Morgan fingerprint density at radius 3 is 2.27 bits per heavy atom. The SMILES string of the molecule is CCCCNC(=O)[C@H](C)N(Cc1ccc(Cl)cc1Cl)C(=O)CN(c1cc(Cl)ccc1OC)S(=O)(=O)c1ccccc1. The Balaban J connectivity index is 2.08. The lowest BCUT2D eigenvalue weighted by Gasteiger charge is -2.32. The van der Waals surface area contributed by atoms with Gasteiger partial charge >= 0.3 is 0 Å². The number of amides is 2. The average Bonchev–Trinajstić information content (AvgIpc) is 2.95. The molecule has 3 aromatic rings. The molecule has 1 N–H and O–H groups in total. The van der Waals surface area contributed by atoms with Crippen LogP contribution >= 0.6 is 34.8 Å². The van der Waals surface area contributed by atoms with Gasteiger partial charge in [0.15, 0.2) is 0 Å². The van der Waals surface area contributed by atoms with E-state index >= 15 is 0 Å². The zero-order valence-corrected chi connectivity index (χ0v) is 26.0. The maximum absolute atomic E-state index is 14.0. The van der Waals surface area contributed by atoms with Crippen LogP contribution in [-0.2, 0) is 26.2 Å². The summed E-state index contributed by atoms with van der Waals surface area (Å²) < 4.78 is 34.3. The molecule has 0 aromatic heterocycles. The van der Waals surface area contributed by atoms with Crippen LogP contribution in [0.2, 0.25) is 15.1 Å². The Bertz CT molecular complexity index is 1470. The van der Waals surface area contributed by atoms with Gasteiger partial charge in [-0.1, -0.05) is 72.4 Å². The lowest BCUT2D eigenvalue weighted by Crippen LogP contribution is -2.51. The summed E-state index contributed by atoms with van der Waals surface area (Å²) in [6.45, 7) is 3.31. The number of carbonyl (C=O) groups excluding carboxylic acids is 2. The van der Waals surface area contributed by atoms with Gasteiger partial charge < -0.3 is 15.0 Å². The highest BCUT2D eigenvalue weighted by molar-refractivity contribution is 7.92. The normalized spacial score (nSPS) is 12.0. The summed E-state index contributed by atoms with van der Waals surface area (Å²) >= 11 is 18.7. The fourth-order valence-electron chi connectivity index (χ4n) is 4.04. The molecule has 0 aliphatic carbocycles. The third kappa shape index (κ3) is 8.29. The Labute approximate surface area is 256 Å². The van der Waals surface area contributed by atoms with Crippen LogP contribution in [0.3, 0.4) is 0 Å². The number of anilines is 1. The van der Waals surface area contributed by atoms with E-state index < -0.39 is 28.5 Å². The maximum atomic E-state index is 14.0. The van der Waals surface area contributed by atoms with Gasteiger partial charge in [0.2, 0.25) is 11.8 Å². The molecule has 8 nitrogen and oxygen atoms in total. The molecule has 2 amide bonds. The number of halogens is 3. The Hall–Kier alpha value is -2.98. The van der Waals surface area contributed by atoms with Crippen molar-refractivity contribution < 1.29 is 22.7 Å². The number of nitrogens with one attached hydrogen (secondary N) is 1. The van der Waals surface area contributed by atoms with Crippen molar-refractivity contribution in [2.24, 2.45) is 0 Å². The fraction of sp³-hybridized carbons (Fsp3) is 0.310. The number of benzene rings is 3. The molecule has 0 spiro atoms. The third-order valence-electron chi connectivity index (χ3n) is 6.37. The summed E-state index contributed by atoms with van der Waals surface area (Å²) in [5, 5.41) is 3.80. The molecule has 3 rings (SSSR count). The van der Waals surface area contributed by atoms with Crippen LogP contribution in [-0.4, -0.2) is 51.4 Å². The summed E-state index contributed by atoms with van der Waals surface area (Å²) in [5.74, 6) is -0.829. The summed E-state index contributed by atoms with van der Waals surface area (Å²) in [4.78, 5) is 28.4. The predicted octanol–water partition coefficient (Wildman–Crippen LogP) is 6.18. The van der Waals surface area contributed by atoms with E-state index in [-0.39, 0.29) is 33.8 Å². The molecular weight excluding hydrogens is 609 g/mol. The molecule has 12 heteroatoms. The highest BCUT2D eigenvalue weighted by atomic mass is 35.5. The summed E-state index contributed by atoms with van der Waals surface area (Å²) in [7, 11) is -2.89. The van der Waals surface area contributed by atoms with Crippen LogP contribution in [0.25, 0.3) is 0 Å². The first-order valence-corrected chi connectivity index (χ1v) is 15.5. The van der Waals surface area contributed by atoms with Crippen LogP contribution < -0.4 is 14.4 Å². The van der Waals surface area contributed by atoms with E-state index in [4.69, 9.17) is 39.5 Å². The number of ether oxygens (including phenoxy) is 1. The predicted molar refractivity (Wildman–Crippen MR) is 163 cm³/mol. The minimum absolute atomic E-state index is 0.0347. The first-order valence-electron chi connectivity index (χ1n) is 12.9. The van der Waals surface area contributed by atoms with Gasteiger partial charge in [-0.2, -0.15) is 0 Å². The number of methoxy groups -OCH3 is 1. The number of unbranched alkanes of at least 4 members (excludes halogenated alkanes) is 1. The van der Waals surface area contributed by atoms with Gasteiger partial charge in [0.05, 0.1) is 17.7 Å². The van der Waals surface area contributed by atoms with Crippen molar-refractivity contribution in [1.82, 2.24) is 10.2 Å². The second-order valence-electron chi connectivity index (χ2n) is 9.22. The molecular formula is C29H32Cl3N3O5S. The second-order valence-corrected chi connectivity index (χ2v) is 12.4. The quantitative estimate of drug-likeness (QED) is 0.225. The molecule has 0 radical (unpaired) electrons. The smallest absolute Gasteiger partial charge is 0.264 e. The molecule has 0 bridgehead atoms. The molecule has 3 aromatic carbocycles. The molecule has 0 unspecified atom stereocenters. The topological polar surface area (TPSA) is 96.0 Å². The van der Waals surface area contributed by atoms with Crippen molar-refractivity contribution in [3.8, 4) is 5.75 Å². The van der Waals surface area contributed by atoms with Gasteiger partial charge in [-0.3, -0.25) is 13.9 Å². The van der Waals surface area contributed by atoms with E-state index in [2.05, 4.69) is 5.32 Å². The monoisotopic (exact) mass is 639 g/mol. The van der Waals surface area contributed by atoms with Crippen molar-refractivity contribution in [2.75, 3.05) is 24.5 Å². The highest BCUT2D eigenvalue weighted by Crippen LogP contribution is 2.35. The number of sulfonamides is 1. The first kappa shape index (κ1) is 32.5. The fourth-order valence-corrected chi connectivity index (χ4v) is 6.12. The highest BCUT2D eigenvalue weighted by Gasteiger charge is 2.34. The van der Waals surface area contributed by atoms with Crippen LogP contribution in [0, 0.1) is 0 Å². The molecule has 0 saturated carbocycles. The van der Waals surface area contributed by atoms with Crippen LogP contribution in [0.15, 0.2) is 71.6 Å². The second kappa shape index (κ2) is 14.8. The lowest BCUT2D eigenvalue weighted by atomic mass is 10.1. The largest absolute Gasteiger partial charge is 0.495 e. The molecule has 0 saturated heterocycles. The molecule has 220 valence electrons. The van der Waals surface area contributed by atoms with Crippen molar-refractivity contribution in [3.63, 3.8) is 0 Å². The number of hydrogen-bond acceptors (Lipinski definition) is 5. The van der Waals surface area contributed by atoms with Gasteiger partial charge in [-0.15, -0.1) is 0 Å². The Morgan fingerprint density at radius 2 is 1.63 bits per heavy atom. The van der Waals surface area contributed by atoms with E-state index in [0.717, 1.165) is 17.1 Å². The molecule has 0 aliphatic heterocycles. The summed E-state index contributed by atoms with van der Waals surface area (Å²) in [5.41, 5.74) is 0.608. The number of carbonyl (C=O) groups is 2. The zero-order chi connectivity index (χ0) is 30.2. The van der Waals surface area contributed by atoms with E-state index in [1.54, 1.807) is 43.3 Å². The number of nitrogens with zero attached hydrogens (tertiary/aromatic N) is 2. The van der Waals surface area contributed by atoms with E-state index in [1.807, 2.05) is 6.92 Å². The van der Waals surface area contributed by atoms with Crippen LogP contribution in [0.4, 0.5) is 5.69 Å². The first-order chi connectivity index (χ1) is 19.5. The molecule has 0 fully saturated rings. The van der Waals surface area contributed by atoms with Gasteiger partial charge in [-0.25, -0.2) is 8.42 Å². The van der Waals surface area contributed by atoms with E-state index in [1.165, 1.54) is 42.3 Å². The van der Waals surface area contributed by atoms with Crippen molar-refractivity contribution >= 4 is 62.3 Å². The van der Waals surface area contributed by atoms with Crippen molar-refractivity contribution in [3.05, 3.63) is 87.4 Å². The molecule has 0 heterocycles. The standard InChI is InChI=1S/C29H32Cl3N3O5S/c1-4-5-15-33-29(37)20(2)34(18-21-11-12-22(30)16-25(21)32)28(36)19-35(26-17-23(31)13-14-27(26)40-3)41(38,39)24-9-7-6-8-10-24/h6-14,16-17,20H,4-5,15,18-19H2,1-3H3,(H,33,37)/t20-/m0/s1. The Kier molecular flexibility index (Phi) is 11.7. The zero-order valence-electron chi connectivity index (χ0n) is 22.9. The van der Waals surface area contributed by atoms with Gasteiger partial charge in [0, 0.05) is 28.2 Å². The number of hydrogen-bond donors (Lipinski definition) is 1. The lowest BCUT2D eigenvalue weighted by molar-refractivity contribution is -0.139. The number of rotatable bonds is 13. The van der Waals surface area contributed by atoms with Gasteiger partial charge in [0.1, 0.15) is 18.3 Å². The molecule has 41 heavy (non-hydrogen) atoms.